The molecule has 112 valence electrons. The number of rotatable bonds is 5. The van der Waals surface area contributed by atoms with Gasteiger partial charge in [0, 0.05) is 12.7 Å². The Kier molecular flexibility index (Phi) is 4.43. The second kappa shape index (κ2) is 6.10. The van der Waals surface area contributed by atoms with Crippen molar-refractivity contribution in [1.82, 2.24) is 15.1 Å². The monoisotopic (exact) mass is 286 g/mol. The topological polar surface area (TPSA) is 72.9 Å². The van der Waals surface area contributed by atoms with Crippen molar-refractivity contribution in [2.75, 3.05) is 6.54 Å². The molecule has 0 saturated heterocycles. The Hall–Kier alpha value is -2.14. The second-order valence-corrected chi connectivity index (χ2v) is 5.71. The van der Waals surface area contributed by atoms with Crippen LogP contribution in [0.1, 0.15) is 31.3 Å². The minimum absolute atomic E-state index is 0.202. The molecule has 0 aliphatic heterocycles. The Morgan fingerprint density at radius 1 is 1.33 bits per heavy atom. The van der Waals surface area contributed by atoms with Gasteiger partial charge in [0.05, 0.1) is 11.2 Å². The van der Waals surface area contributed by atoms with Crippen LogP contribution in [-0.4, -0.2) is 27.8 Å². The zero-order valence-electron chi connectivity index (χ0n) is 12.7. The number of carbonyl (C=O) groups excluding carboxylic acids is 1. The van der Waals surface area contributed by atoms with E-state index in [1.807, 2.05) is 51.1 Å². The van der Waals surface area contributed by atoms with Crippen LogP contribution in [0.4, 0.5) is 0 Å². The molecule has 1 aromatic carbocycles. The summed E-state index contributed by atoms with van der Waals surface area (Å²) in [4.78, 5) is 12.3. The molecular formula is C16H22N4O. The van der Waals surface area contributed by atoms with E-state index < -0.39 is 5.54 Å². The molecule has 1 heterocycles. The number of para-hydroxylation sites is 1. The van der Waals surface area contributed by atoms with Gasteiger partial charge in [-0.3, -0.25) is 4.79 Å². The van der Waals surface area contributed by atoms with Crippen LogP contribution in [0, 0.1) is 5.92 Å². The Balaban J connectivity index is 2.16. The number of aromatic nitrogens is 2. The van der Waals surface area contributed by atoms with Crippen molar-refractivity contribution in [3.63, 3.8) is 0 Å². The van der Waals surface area contributed by atoms with E-state index in [0.29, 0.717) is 12.2 Å². The van der Waals surface area contributed by atoms with E-state index in [-0.39, 0.29) is 11.8 Å². The lowest BCUT2D eigenvalue weighted by atomic mass is 9.88. The molecule has 1 amide bonds. The maximum absolute atomic E-state index is 12.3. The fraction of sp³-hybridized carbons (Fsp3) is 0.375. The molecular weight excluding hydrogens is 264 g/mol. The Morgan fingerprint density at radius 2 is 2.00 bits per heavy atom. The first-order valence-electron chi connectivity index (χ1n) is 7.10. The van der Waals surface area contributed by atoms with Crippen LogP contribution in [-0.2, 0) is 0 Å². The number of benzene rings is 1. The predicted molar refractivity (Wildman–Crippen MR) is 83.3 cm³/mol. The molecule has 0 radical (unpaired) electrons. The zero-order chi connectivity index (χ0) is 15.5. The average Bonchev–Trinajstić information content (AvgIpc) is 2.97. The second-order valence-electron chi connectivity index (χ2n) is 5.71. The number of amides is 1. The summed E-state index contributed by atoms with van der Waals surface area (Å²) >= 11 is 0. The lowest BCUT2D eigenvalue weighted by Gasteiger charge is -2.33. The van der Waals surface area contributed by atoms with E-state index in [2.05, 4.69) is 10.4 Å². The Bertz CT molecular complexity index is 606. The lowest BCUT2D eigenvalue weighted by molar-refractivity contribution is 0.0877. The molecule has 2 rings (SSSR count). The summed E-state index contributed by atoms with van der Waals surface area (Å²) in [6.45, 7) is 6.41. The number of carbonyl (C=O) groups is 1. The average molecular weight is 286 g/mol. The molecule has 5 nitrogen and oxygen atoms in total. The molecule has 21 heavy (non-hydrogen) atoms. The molecule has 0 fully saturated rings. The van der Waals surface area contributed by atoms with Crippen LogP contribution in [0.25, 0.3) is 5.69 Å². The van der Waals surface area contributed by atoms with Gasteiger partial charge in [0.2, 0.25) is 0 Å². The van der Waals surface area contributed by atoms with Crippen molar-refractivity contribution in [3.05, 3.63) is 48.3 Å². The standard InChI is InChI=1S/C16H22N4O/c1-12(2)16(3,11-17)18-15(21)14-9-10-20(19-14)13-7-5-4-6-8-13/h4-10,12H,11,17H2,1-3H3,(H,18,21). The van der Waals surface area contributed by atoms with Gasteiger partial charge in [-0.2, -0.15) is 5.10 Å². The van der Waals surface area contributed by atoms with Gasteiger partial charge in [-0.05, 0) is 31.0 Å². The maximum Gasteiger partial charge on any atom is 0.272 e. The first-order valence-corrected chi connectivity index (χ1v) is 7.10. The van der Waals surface area contributed by atoms with Crippen LogP contribution in [0.3, 0.4) is 0 Å². The third kappa shape index (κ3) is 3.31. The van der Waals surface area contributed by atoms with Gasteiger partial charge in [-0.25, -0.2) is 4.68 Å². The van der Waals surface area contributed by atoms with Gasteiger partial charge in [-0.1, -0.05) is 32.0 Å². The minimum Gasteiger partial charge on any atom is -0.344 e. The first kappa shape index (κ1) is 15.3. The number of nitrogens with two attached hydrogens (primary N) is 1. The highest BCUT2D eigenvalue weighted by Gasteiger charge is 2.29. The summed E-state index contributed by atoms with van der Waals surface area (Å²) in [5.41, 5.74) is 6.66. The fourth-order valence-corrected chi connectivity index (χ4v) is 1.92. The van der Waals surface area contributed by atoms with Crippen LogP contribution < -0.4 is 11.1 Å². The van der Waals surface area contributed by atoms with Crippen LogP contribution in [0.2, 0.25) is 0 Å². The van der Waals surface area contributed by atoms with Crippen molar-refractivity contribution in [2.45, 2.75) is 26.3 Å². The molecule has 2 aromatic rings. The first-order chi connectivity index (χ1) is 9.96. The molecule has 0 spiro atoms. The van der Waals surface area contributed by atoms with E-state index in [4.69, 9.17) is 5.73 Å². The van der Waals surface area contributed by atoms with E-state index in [9.17, 15) is 4.79 Å². The summed E-state index contributed by atoms with van der Waals surface area (Å²) in [6, 6.07) is 11.4. The van der Waals surface area contributed by atoms with Crippen LogP contribution >= 0.6 is 0 Å². The summed E-state index contributed by atoms with van der Waals surface area (Å²) in [7, 11) is 0. The fourth-order valence-electron chi connectivity index (χ4n) is 1.92. The van der Waals surface area contributed by atoms with Crippen molar-refractivity contribution < 1.29 is 4.79 Å². The molecule has 0 aliphatic carbocycles. The van der Waals surface area contributed by atoms with Gasteiger partial charge in [-0.15, -0.1) is 0 Å². The number of nitrogens with one attached hydrogen (secondary N) is 1. The Morgan fingerprint density at radius 3 is 2.57 bits per heavy atom. The SMILES string of the molecule is CC(C)C(C)(CN)NC(=O)c1ccn(-c2ccccc2)n1. The minimum atomic E-state index is -0.437. The summed E-state index contributed by atoms with van der Waals surface area (Å²) in [5.74, 6) is 0.0361. The maximum atomic E-state index is 12.3. The third-order valence-electron chi connectivity index (χ3n) is 3.94. The molecule has 1 unspecified atom stereocenters. The van der Waals surface area contributed by atoms with Crippen molar-refractivity contribution >= 4 is 5.91 Å². The third-order valence-corrected chi connectivity index (χ3v) is 3.94. The molecule has 1 aromatic heterocycles. The number of hydrogen-bond donors (Lipinski definition) is 2. The van der Waals surface area contributed by atoms with Gasteiger partial charge < -0.3 is 11.1 Å². The highest BCUT2D eigenvalue weighted by Crippen LogP contribution is 2.16. The molecule has 1 atom stereocenters. The molecule has 0 bridgehead atoms. The zero-order valence-corrected chi connectivity index (χ0v) is 12.7. The quantitative estimate of drug-likeness (QED) is 0.882. The van der Waals surface area contributed by atoms with Gasteiger partial charge >= 0.3 is 0 Å². The lowest BCUT2D eigenvalue weighted by Crippen LogP contribution is -2.55. The molecule has 0 saturated carbocycles. The van der Waals surface area contributed by atoms with E-state index >= 15 is 0 Å². The van der Waals surface area contributed by atoms with E-state index in [1.165, 1.54) is 0 Å². The van der Waals surface area contributed by atoms with Gasteiger partial charge in [0.1, 0.15) is 0 Å². The van der Waals surface area contributed by atoms with Crippen LogP contribution in [0.5, 0.6) is 0 Å². The number of nitrogens with zero attached hydrogens (tertiary/aromatic N) is 2. The molecule has 5 heteroatoms. The summed E-state index contributed by atoms with van der Waals surface area (Å²) < 4.78 is 1.68. The summed E-state index contributed by atoms with van der Waals surface area (Å²) in [5, 5.41) is 7.31. The highest BCUT2D eigenvalue weighted by atomic mass is 16.2. The molecule has 3 N–H and O–H groups in total. The molecule has 0 aliphatic rings. The van der Waals surface area contributed by atoms with Crippen LogP contribution in [0.15, 0.2) is 42.6 Å². The van der Waals surface area contributed by atoms with Crippen molar-refractivity contribution in [3.8, 4) is 5.69 Å². The normalized spacial score (nSPS) is 14.0. The Labute approximate surface area is 125 Å². The van der Waals surface area contributed by atoms with Gasteiger partial charge in [0.25, 0.3) is 5.91 Å². The van der Waals surface area contributed by atoms with Gasteiger partial charge in [0.15, 0.2) is 5.69 Å². The van der Waals surface area contributed by atoms with Crippen molar-refractivity contribution in [1.29, 1.82) is 0 Å². The van der Waals surface area contributed by atoms with E-state index in [0.717, 1.165) is 5.69 Å². The van der Waals surface area contributed by atoms with E-state index in [1.54, 1.807) is 16.9 Å². The predicted octanol–water partition coefficient (Wildman–Crippen LogP) is 1.98. The largest absolute Gasteiger partial charge is 0.344 e. The number of hydrogen-bond acceptors (Lipinski definition) is 3. The smallest absolute Gasteiger partial charge is 0.272 e. The highest BCUT2D eigenvalue weighted by molar-refractivity contribution is 5.92. The van der Waals surface area contributed by atoms with Crippen molar-refractivity contribution in [2.24, 2.45) is 11.7 Å². The summed E-state index contributed by atoms with van der Waals surface area (Å²) in [6.07, 6.45) is 1.78.